The molecule has 102 valence electrons. The minimum absolute atomic E-state index is 0.0348. The van der Waals surface area contributed by atoms with E-state index in [4.69, 9.17) is 9.15 Å². The molecule has 1 aromatic heterocycles. The first-order chi connectivity index (χ1) is 10.4. The maximum absolute atomic E-state index is 6.15. The van der Waals surface area contributed by atoms with Crippen LogP contribution in [-0.2, 0) is 11.2 Å². The van der Waals surface area contributed by atoms with Crippen molar-refractivity contribution in [3.8, 4) is 11.3 Å². The van der Waals surface area contributed by atoms with Gasteiger partial charge in [-0.25, -0.2) is 0 Å². The van der Waals surface area contributed by atoms with Crippen LogP contribution in [-0.4, -0.2) is 0 Å². The van der Waals surface area contributed by atoms with E-state index in [1.54, 1.807) is 0 Å². The number of fused-ring (bicyclic) bond motifs is 7. The Morgan fingerprint density at radius 3 is 2.48 bits per heavy atom. The number of furan rings is 1. The lowest BCUT2D eigenvalue weighted by molar-refractivity contribution is 0.00912. The standard InChI is InChI=1S/C19H14O2/c1-2-6-12(7-3-1)16-10-13-11-17-14-8-4-5-9-15(14)19(21-17)18(13)20-16/h1-10,17,19H,11H2. The normalized spacial score (nSPS) is 21.9. The molecule has 2 bridgehead atoms. The third-order valence-electron chi connectivity index (χ3n) is 4.47. The molecular weight excluding hydrogens is 260 g/mol. The van der Waals surface area contributed by atoms with Crippen LogP contribution in [0.3, 0.4) is 0 Å². The van der Waals surface area contributed by atoms with Crippen LogP contribution in [0.5, 0.6) is 0 Å². The van der Waals surface area contributed by atoms with Crippen molar-refractivity contribution in [1.82, 2.24) is 0 Å². The Bertz CT molecular complexity index is 817. The van der Waals surface area contributed by atoms with E-state index in [9.17, 15) is 0 Å². The second-order valence-corrected chi connectivity index (χ2v) is 5.70. The molecule has 5 rings (SSSR count). The molecule has 2 atom stereocenters. The molecule has 0 amide bonds. The predicted octanol–water partition coefficient (Wildman–Crippen LogP) is 4.66. The third-order valence-corrected chi connectivity index (χ3v) is 4.47. The highest BCUT2D eigenvalue weighted by Gasteiger charge is 2.41. The molecule has 0 fully saturated rings. The first-order valence-electron chi connectivity index (χ1n) is 7.32. The average molecular weight is 274 g/mol. The summed E-state index contributed by atoms with van der Waals surface area (Å²) in [5, 5.41) is 0. The molecule has 21 heavy (non-hydrogen) atoms. The van der Waals surface area contributed by atoms with Gasteiger partial charge in [-0.1, -0.05) is 54.6 Å². The first kappa shape index (κ1) is 11.4. The van der Waals surface area contributed by atoms with Crippen molar-refractivity contribution in [3.05, 3.63) is 83.1 Å². The van der Waals surface area contributed by atoms with Gasteiger partial charge in [0.15, 0.2) is 0 Å². The summed E-state index contributed by atoms with van der Waals surface area (Å²) in [7, 11) is 0. The topological polar surface area (TPSA) is 22.4 Å². The fraction of sp³-hybridized carbons (Fsp3) is 0.158. The van der Waals surface area contributed by atoms with E-state index < -0.39 is 0 Å². The van der Waals surface area contributed by atoms with Gasteiger partial charge in [0.05, 0.1) is 6.10 Å². The summed E-state index contributed by atoms with van der Waals surface area (Å²) in [6.45, 7) is 0. The quantitative estimate of drug-likeness (QED) is 0.643. The van der Waals surface area contributed by atoms with E-state index in [1.165, 1.54) is 16.7 Å². The Hall–Kier alpha value is -2.32. The second kappa shape index (κ2) is 4.09. The molecule has 0 saturated carbocycles. The van der Waals surface area contributed by atoms with Crippen molar-refractivity contribution in [2.45, 2.75) is 18.6 Å². The summed E-state index contributed by atoms with van der Waals surface area (Å²) in [6, 6.07) is 20.9. The van der Waals surface area contributed by atoms with Crippen molar-refractivity contribution >= 4 is 0 Å². The van der Waals surface area contributed by atoms with E-state index in [-0.39, 0.29) is 12.2 Å². The van der Waals surface area contributed by atoms with Gasteiger partial charge in [0.2, 0.25) is 0 Å². The Labute approximate surface area is 123 Å². The van der Waals surface area contributed by atoms with Gasteiger partial charge in [-0.05, 0) is 17.2 Å². The Morgan fingerprint density at radius 2 is 1.62 bits per heavy atom. The van der Waals surface area contributed by atoms with E-state index in [0.29, 0.717) is 0 Å². The van der Waals surface area contributed by atoms with Gasteiger partial charge < -0.3 is 9.15 Å². The Morgan fingerprint density at radius 1 is 0.857 bits per heavy atom. The van der Waals surface area contributed by atoms with Gasteiger partial charge in [-0.2, -0.15) is 0 Å². The smallest absolute Gasteiger partial charge is 0.142 e. The molecule has 3 aromatic rings. The van der Waals surface area contributed by atoms with Crippen LogP contribution >= 0.6 is 0 Å². The number of hydrogen-bond acceptors (Lipinski definition) is 2. The van der Waals surface area contributed by atoms with Crippen LogP contribution in [0, 0.1) is 0 Å². The summed E-state index contributed by atoms with van der Waals surface area (Å²) in [6.07, 6.45) is 1.05. The van der Waals surface area contributed by atoms with Gasteiger partial charge in [0, 0.05) is 17.5 Å². The SMILES string of the molecule is c1ccc(-c2cc3c(o2)C2OC(C3)c3ccccc32)cc1. The molecule has 0 radical (unpaired) electrons. The van der Waals surface area contributed by atoms with Crippen molar-refractivity contribution in [2.24, 2.45) is 0 Å². The fourth-order valence-electron chi connectivity index (χ4n) is 3.48. The molecule has 2 aromatic carbocycles. The lowest BCUT2D eigenvalue weighted by Crippen LogP contribution is -2.10. The molecule has 2 nitrogen and oxygen atoms in total. The molecule has 2 heteroatoms. The van der Waals surface area contributed by atoms with Crippen LogP contribution in [0.2, 0.25) is 0 Å². The molecular formula is C19H14O2. The minimum atomic E-state index is -0.0348. The third kappa shape index (κ3) is 1.57. The predicted molar refractivity (Wildman–Crippen MR) is 80.0 cm³/mol. The van der Waals surface area contributed by atoms with Gasteiger partial charge in [-0.3, -0.25) is 0 Å². The fourth-order valence-corrected chi connectivity index (χ4v) is 3.48. The van der Waals surface area contributed by atoms with Gasteiger partial charge in [0.25, 0.3) is 0 Å². The molecule has 2 aliphatic heterocycles. The lowest BCUT2D eigenvalue weighted by Gasteiger charge is -2.19. The van der Waals surface area contributed by atoms with Crippen LogP contribution < -0.4 is 0 Å². The van der Waals surface area contributed by atoms with E-state index in [2.05, 4.69) is 42.5 Å². The highest BCUT2D eigenvalue weighted by atomic mass is 16.5. The van der Waals surface area contributed by atoms with Gasteiger partial charge >= 0.3 is 0 Å². The summed E-state index contributed by atoms with van der Waals surface area (Å²) in [5.74, 6) is 1.92. The highest BCUT2D eigenvalue weighted by Crippen LogP contribution is 2.50. The van der Waals surface area contributed by atoms with Gasteiger partial charge in [-0.15, -0.1) is 0 Å². The zero-order chi connectivity index (χ0) is 13.8. The maximum atomic E-state index is 6.15. The molecule has 0 saturated heterocycles. The minimum Gasteiger partial charge on any atom is -0.458 e. The summed E-state index contributed by atoms with van der Waals surface area (Å²) in [4.78, 5) is 0. The molecule has 3 heterocycles. The van der Waals surface area contributed by atoms with Crippen LogP contribution in [0.25, 0.3) is 11.3 Å². The van der Waals surface area contributed by atoms with Crippen LogP contribution in [0.1, 0.15) is 34.7 Å². The number of ether oxygens (including phenoxy) is 1. The number of benzene rings is 2. The zero-order valence-corrected chi connectivity index (χ0v) is 11.5. The summed E-state index contributed by atoms with van der Waals surface area (Å²) in [5.41, 5.74) is 4.98. The average Bonchev–Trinajstić information content (AvgIpc) is 3.11. The van der Waals surface area contributed by atoms with E-state index in [0.717, 1.165) is 23.5 Å². The van der Waals surface area contributed by atoms with Crippen LogP contribution in [0.15, 0.2) is 65.1 Å². The Kier molecular flexibility index (Phi) is 2.21. The molecule has 2 aliphatic rings. The monoisotopic (exact) mass is 274 g/mol. The molecule has 0 aliphatic carbocycles. The van der Waals surface area contributed by atoms with Crippen molar-refractivity contribution in [1.29, 1.82) is 0 Å². The van der Waals surface area contributed by atoms with Crippen molar-refractivity contribution in [2.75, 3.05) is 0 Å². The highest BCUT2D eigenvalue weighted by molar-refractivity contribution is 5.60. The van der Waals surface area contributed by atoms with E-state index in [1.807, 2.05) is 18.2 Å². The zero-order valence-electron chi connectivity index (χ0n) is 11.5. The van der Waals surface area contributed by atoms with E-state index >= 15 is 0 Å². The van der Waals surface area contributed by atoms with Gasteiger partial charge in [0.1, 0.15) is 17.6 Å². The summed E-state index contributed by atoms with van der Waals surface area (Å²) < 4.78 is 12.3. The molecule has 0 N–H and O–H groups in total. The number of hydrogen-bond donors (Lipinski definition) is 0. The second-order valence-electron chi connectivity index (χ2n) is 5.70. The number of rotatable bonds is 1. The largest absolute Gasteiger partial charge is 0.458 e. The summed E-state index contributed by atoms with van der Waals surface area (Å²) >= 11 is 0. The van der Waals surface area contributed by atoms with Crippen LogP contribution in [0.4, 0.5) is 0 Å². The molecule has 0 spiro atoms. The van der Waals surface area contributed by atoms with Crippen molar-refractivity contribution < 1.29 is 9.15 Å². The van der Waals surface area contributed by atoms with Crippen molar-refractivity contribution in [3.63, 3.8) is 0 Å². The Balaban J connectivity index is 1.65. The lowest BCUT2D eigenvalue weighted by atomic mass is 10.0. The molecule has 2 unspecified atom stereocenters. The maximum Gasteiger partial charge on any atom is 0.142 e. The first-order valence-corrected chi connectivity index (χ1v) is 7.32.